The van der Waals surface area contributed by atoms with Crippen LogP contribution in [0.4, 0.5) is 0 Å². The van der Waals surface area contributed by atoms with Crippen LogP contribution in [0, 0.1) is 11.8 Å². The Balaban J connectivity index is 2.05. The zero-order chi connectivity index (χ0) is 12.4. The minimum absolute atomic E-state index is 0.00528. The molecule has 96 valence electrons. The van der Waals surface area contributed by atoms with E-state index in [1.54, 1.807) is 4.90 Å². The molecule has 0 aromatic rings. The molecule has 1 aliphatic heterocycles. The molecule has 1 saturated carbocycles. The van der Waals surface area contributed by atoms with Crippen molar-refractivity contribution in [2.24, 2.45) is 11.8 Å². The molecule has 1 saturated heterocycles. The smallest absolute Gasteiger partial charge is 0.307 e. The first kappa shape index (κ1) is 12.4. The van der Waals surface area contributed by atoms with Gasteiger partial charge in [-0.3, -0.25) is 9.59 Å². The van der Waals surface area contributed by atoms with Gasteiger partial charge >= 0.3 is 5.97 Å². The normalized spacial score (nSPS) is 33.7. The van der Waals surface area contributed by atoms with Gasteiger partial charge < -0.3 is 14.7 Å². The molecule has 5 heteroatoms. The molecule has 3 atom stereocenters. The second kappa shape index (κ2) is 5.04. The number of carboxylic acid groups (broad SMARTS) is 1. The van der Waals surface area contributed by atoms with Crippen LogP contribution in [-0.4, -0.2) is 47.7 Å². The molecule has 2 fully saturated rings. The van der Waals surface area contributed by atoms with Crippen LogP contribution in [0.1, 0.15) is 26.2 Å². The van der Waals surface area contributed by atoms with E-state index in [1.807, 2.05) is 6.92 Å². The van der Waals surface area contributed by atoms with Crippen LogP contribution in [-0.2, 0) is 14.3 Å². The number of carbonyl (C=O) groups excluding carboxylic acids is 1. The maximum absolute atomic E-state index is 12.3. The molecule has 0 radical (unpaired) electrons. The van der Waals surface area contributed by atoms with Gasteiger partial charge in [-0.05, 0) is 19.8 Å². The fraction of sp³-hybridized carbons (Fsp3) is 0.833. The SMILES string of the molecule is CC1COCCN1C(=O)[C@@H]1CCC[C@@H]1C(=O)O. The van der Waals surface area contributed by atoms with Crippen molar-refractivity contribution in [3.05, 3.63) is 0 Å². The first-order chi connectivity index (χ1) is 8.11. The van der Waals surface area contributed by atoms with Gasteiger partial charge in [-0.2, -0.15) is 0 Å². The fourth-order valence-corrected chi connectivity index (χ4v) is 2.82. The Bertz CT molecular complexity index is 318. The lowest BCUT2D eigenvalue weighted by Crippen LogP contribution is -2.50. The first-order valence-electron chi connectivity index (χ1n) is 6.22. The second-order valence-electron chi connectivity index (χ2n) is 4.94. The molecule has 0 spiro atoms. The minimum Gasteiger partial charge on any atom is -0.481 e. The zero-order valence-electron chi connectivity index (χ0n) is 10.1. The molecule has 0 aromatic carbocycles. The predicted molar refractivity (Wildman–Crippen MR) is 60.5 cm³/mol. The van der Waals surface area contributed by atoms with E-state index in [1.165, 1.54) is 0 Å². The number of carbonyl (C=O) groups is 2. The van der Waals surface area contributed by atoms with Crippen LogP contribution in [0.2, 0.25) is 0 Å². The molecule has 5 nitrogen and oxygen atoms in total. The van der Waals surface area contributed by atoms with Gasteiger partial charge in [0.15, 0.2) is 0 Å². The average molecular weight is 241 g/mol. The highest BCUT2D eigenvalue weighted by Crippen LogP contribution is 2.34. The van der Waals surface area contributed by atoms with Crippen LogP contribution < -0.4 is 0 Å². The van der Waals surface area contributed by atoms with Crippen molar-refractivity contribution in [2.75, 3.05) is 19.8 Å². The number of hydrogen-bond acceptors (Lipinski definition) is 3. The van der Waals surface area contributed by atoms with E-state index in [-0.39, 0.29) is 17.9 Å². The van der Waals surface area contributed by atoms with Gasteiger partial charge in [-0.1, -0.05) is 6.42 Å². The van der Waals surface area contributed by atoms with Crippen molar-refractivity contribution in [3.8, 4) is 0 Å². The molecule has 2 aliphatic rings. The van der Waals surface area contributed by atoms with Crippen molar-refractivity contribution < 1.29 is 19.4 Å². The van der Waals surface area contributed by atoms with Crippen molar-refractivity contribution in [1.82, 2.24) is 4.90 Å². The van der Waals surface area contributed by atoms with Crippen LogP contribution in [0.25, 0.3) is 0 Å². The third-order valence-corrected chi connectivity index (χ3v) is 3.80. The number of hydrogen-bond donors (Lipinski definition) is 1. The van der Waals surface area contributed by atoms with Gasteiger partial charge in [-0.25, -0.2) is 0 Å². The van der Waals surface area contributed by atoms with E-state index in [9.17, 15) is 9.59 Å². The molecule has 2 rings (SSSR count). The molecular weight excluding hydrogens is 222 g/mol. The lowest BCUT2D eigenvalue weighted by atomic mass is 9.94. The third kappa shape index (κ3) is 2.44. The molecule has 17 heavy (non-hydrogen) atoms. The second-order valence-corrected chi connectivity index (χ2v) is 4.94. The molecule has 1 amide bonds. The third-order valence-electron chi connectivity index (χ3n) is 3.80. The number of nitrogens with zero attached hydrogens (tertiary/aromatic N) is 1. The van der Waals surface area contributed by atoms with E-state index < -0.39 is 11.9 Å². The standard InChI is InChI=1S/C12H19NO4/c1-8-7-17-6-5-13(8)11(14)9-3-2-4-10(9)12(15)16/h8-10H,2-7H2,1H3,(H,15,16)/t8?,9-,10+/m1/s1. The van der Waals surface area contributed by atoms with Crippen molar-refractivity contribution in [3.63, 3.8) is 0 Å². The van der Waals surface area contributed by atoms with Gasteiger partial charge in [0.05, 0.1) is 31.1 Å². The number of aliphatic carboxylic acids is 1. The molecular formula is C12H19NO4. The fourth-order valence-electron chi connectivity index (χ4n) is 2.82. The topological polar surface area (TPSA) is 66.8 Å². The summed E-state index contributed by atoms with van der Waals surface area (Å²) in [6.07, 6.45) is 2.18. The Labute approximate surface area is 101 Å². The maximum atomic E-state index is 12.3. The average Bonchev–Trinajstić information content (AvgIpc) is 2.77. The molecule has 0 aromatic heterocycles. The monoisotopic (exact) mass is 241 g/mol. The lowest BCUT2D eigenvalue weighted by Gasteiger charge is -2.35. The predicted octanol–water partition coefficient (Wildman–Crippen LogP) is 0.735. The summed E-state index contributed by atoms with van der Waals surface area (Å²) in [6.45, 7) is 3.64. The molecule has 1 heterocycles. The Morgan fingerprint density at radius 1 is 1.29 bits per heavy atom. The molecule has 1 N–H and O–H groups in total. The van der Waals surface area contributed by atoms with E-state index in [2.05, 4.69) is 0 Å². The summed E-state index contributed by atoms with van der Waals surface area (Å²) in [6, 6.07) is 0.0614. The van der Waals surface area contributed by atoms with Crippen molar-refractivity contribution >= 4 is 11.9 Å². The summed E-state index contributed by atoms with van der Waals surface area (Å²) in [4.78, 5) is 25.2. The lowest BCUT2D eigenvalue weighted by molar-refractivity contribution is -0.152. The first-order valence-corrected chi connectivity index (χ1v) is 6.22. The summed E-state index contributed by atoms with van der Waals surface area (Å²) >= 11 is 0. The number of amides is 1. The zero-order valence-corrected chi connectivity index (χ0v) is 10.1. The molecule has 1 aliphatic carbocycles. The highest BCUT2D eigenvalue weighted by atomic mass is 16.5. The Hall–Kier alpha value is -1.10. The minimum atomic E-state index is -0.832. The summed E-state index contributed by atoms with van der Waals surface area (Å²) < 4.78 is 5.29. The van der Waals surface area contributed by atoms with E-state index in [0.717, 1.165) is 6.42 Å². The van der Waals surface area contributed by atoms with E-state index in [4.69, 9.17) is 9.84 Å². The highest BCUT2D eigenvalue weighted by molar-refractivity contribution is 5.85. The van der Waals surface area contributed by atoms with Gasteiger partial charge in [-0.15, -0.1) is 0 Å². The van der Waals surface area contributed by atoms with Gasteiger partial charge in [0.2, 0.25) is 5.91 Å². The van der Waals surface area contributed by atoms with E-state index in [0.29, 0.717) is 32.6 Å². The summed E-state index contributed by atoms with van der Waals surface area (Å²) in [5, 5.41) is 9.10. The highest BCUT2D eigenvalue weighted by Gasteiger charge is 2.41. The van der Waals surface area contributed by atoms with Crippen LogP contribution in [0.15, 0.2) is 0 Å². The molecule has 1 unspecified atom stereocenters. The Kier molecular flexibility index (Phi) is 3.66. The number of ether oxygens (including phenoxy) is 1. The summed E-state index contributed by atoms with van der Waals surface area (Å²) in [7, 11) is 0. The van der Waals surface area contributed by atoms with Gasteiger partial charge in [0.1, 0.15) is 0 Å². The quantitative estimate of drug-likeness (QED) is 0.774. The van der Waals surface area contributed by atoms with Crippen LogP contribution >= 0.6 is 0 Å². The number of rotatable bonds is 2. The van der Waals surface area contributed by atoms with Crippen LogP contribution in [0.5, 0.6) is 0 Å². The van der Waals surface area contributed by atoms with Crippen LogP contribution in [0.3, 0.4) is 0 Å². The summed E-state index contributed by atoms with van der Waals surface area (Å²) in [5.74, 6) is -1.64. The van der Waals surface area contributed by atoms with Gasteiger partial charge in [0.25, 0.3) is 0 Å². The molecule has 0 bridgehead atoms. The Morgan fingerprint density at radius 3 is 2.65 bits per heavy atom. The van der Waals surface area contributed by atoms with Gasteiger partial charge in [0, 0.05) is 6.54 Å². The summed E-state index contributed by atoms with van der Waals surface area (Å²) in [5.41, 5.74) is 0. The van der Waals surface area contributed by atoms with E-state index >= 15 is 0 Å². The number of morpholine rings is 1. The largest absolute Gasteiger partial charge is 0.481 e. The van der Waals surface area contributed by atoms with Crippen molar-refractivity contribution in [2.45, 2.75) is 32.2 Å². The Morgan fingerprint density at radius 2 is 2.00 bits per heavy atom. The number of carboxylic acids is 1. The van der Waals surface area contributed by atoms with Crippen molar-refractivity contribution in [1.29, 1.82) is 0 Å². The maximum Gasteiger partial charge on any atom is 0.307 e.